The van der Waals surface area contributed by atoms with E-state index in [1.807, 2.05) is 52.0 Å². The molecule has 2 rings (SSSR count). The Bertz CT molecular complexity index is 1120. The third kappa shape index (κ3) is 8.85. The third-order valence-electron chi connectivity index (χ3n) is 5.50. The first-order valence-corrected chi connectivity index (χ1v) is 14.0. The number of aryl methyl sites for hydroxylation is 1. The van der Waals surface area contributed by atoms with Gasteiger partial charge in [0.05, 0.1) is 11.9 Å². The molecule has 7 nitrogen and oxygen atoms in total. The molecule has 0 aliphatic carbocycles. The Hall–Kier alpha value is -2.58. The van der Waals surface area contributed by atoms with E-state index >= 15 is 0 Å². The lowest BCUT2D eigenvalue weighted by molar-refractivity contribution is -0.141. The van der Waals surface area contributed by atoms with E-state index in [1.165, 1.54) is 4.31 Å². The maximum atomic E-state index is 13.4. The van der Waals surface area contributed by atoms with Crippen molar-refractivity contribution < 1.29 is 18.0 Å². The van der Waals surface area contributed by atoms with Crippen molar-refractivity contribution in [3.63, 3.8) is 0 Å². The van der Waals surface area contributed by atoms with Crippen LogP contribution >= 0.6 is 11.6 Å². The first-order chi connectivity index (χ1) is 16.4. The average molecular weight is 522 g/mol. The summed E-state index contributed by atoms with van der Waals surface area (Å²) in [7, 11) is -3.57. The Kier molecular flexibility index (Phi) is 10.6. The standard InChI is InChI=1S/C26H36ClN3O4S/c1-6-24(26(32)28-19(2)3)29(18-21-11-7-10-20(4)16-21)25(31)14-9-15-30(35(5,33)34)23-13-8-12-22(27)17-23/h7-8,10-13,16-17,19,24H,6,9,14-15,18H2,1-5H3,(H,28,32)/t24-/m0/s1. The molecule has 0 aliphatic rings. The molecule has 2 amide bonds. The Balaban J connectivity index is 2.22. The molecule has 1 atom stereocenters. The SMILES string of the molecule is CC[C@@H](C(=O)NC(C)C)N(Cc1cccc(C)c1)C(=O)CCCN(c1cccc(Cl)c1)S(C)(=O)=O. The fourth-order valence-corrected chi connectivity index (χ4v) is 5.08. The highest BCUT2D eigenvalue weighted by atomic mass is 35.5. The molecule has 2 aromatic rings. The van der Waals surface area contributed by atoms with Crippen LogP contribution in [0.4, 0.5) is 5.69 Å². The second-order valence-corrected chi connectivity index (χ2v) is 11.4. The molecule has 0 saturated carbocycles. The fourth-order valence-electron chi connectivity index (χ4n) is 3.94. The Labute approximate surface area is 214 Å². The highest BCUT2D eigenvalue weighted by molar-refractivity contribution is 7.92. The van der Waals surface area contributed by atoms with Gasteiger partial charge in [-0.1, -0.05) is 54.4 Å². The molecule has 9 heteroatoms. The predicted molar refractivity (Wildman–Crippen MR) is 142 cm³/mol. The van der Waals surface area contributed by atoms with Crippen molar-refractivity contribution >= 4 is 39.1 Å². The molecule has 0 bridgehead atoms. The molecule has 1 N–H and O–H groups in total. The number of nitrogens with one attached hydrogen (secondary N) is 1. The van der Waals surface area contributed by atoms with Crippen LogP contribution in [-0.4, -0.2) is 50.0 Å². The number of rotatable bonds is 12. The number of benzene rings is 2. The first kappa shape index (κ1) is 28.7. The highest BCUT2D eigenvalue weighted by Gasteiger charge is 2.29. The first-order valence-electron chi connectivity index (χ1n) is 11.8. The molecule has 0 aromatic heterocycles. The number of anilines is 1. The number of halogens is 1. The van der Waals surface area contributed by atoms with Crippen molar-refractivity contribution in [2.24, 2.45) is 0 Å². The van der Waals surface area contributed by atoms with Crippen LogP contribution in [0.2, 0.25) is 5.02 Å². The maximum Gasteiger partial charge on any atom is 0.243 e. The maximum absolute atomic E-state index is 13.4. The van der Waals surface area contributed by atoms with Gasteiger partial charge in [0.25, 0.3) is 0 Å². The van der Waals surface area contributed by atoms with Gasteiger partial charge in [-0.2, -0.15) is 0 Å². The largest absolute Gasteiger partial charge is 0.352 e. The van der Waals surface area contributed by atoms with E-state index in [2.05, 4.69) is 5.32 Å². The number of hydrogen-bond donors (Lipinski definition) is 1. The van der Waals surface area contributed by atoms with Gasteiger partial charge in [0.2, 0.25) is 21.8 Å². The van der Waals surface area contributed by atoms with Crippen LogP contribution in [0.25, 0.3) is 0 Å². The zero-order valence-corrected chi connectivity index (χ0v) is 22.7. The van der Waals surface area contributed by atoms with Crippen molar-refractivity contribution in [1.82, 2.24) is 10.2 Å². The molecule has 192 valence electrons. The van der Waals surface area contributed by atoms with Crippen LogP contribution in [0.5, 0.6) is 0 Å². The van der Waals surface area contributed by atoms with Crippen LogP contribution in [0, 0.1) is 6.92 Å². The van der Waals surface area contributed by atoms with E-state index in [0.29, 0.717) is 30.1 Å². The number of hydrogen-bond acceptors (Lipinski definition) is 4. The predicted octanol–water partition coefficient (Wildman–Crippen LogP) is 4.53. The summed E-state index contributed by atoms with van der Waals surface area (Å²) in [5.41, 5.74) is 2.46. The number of carbonyl (C=O) groups excluding carboxylic acids is 2. The van der Waals surface area contributed by atoms with Gasteiger partial charge in [0.15, 0.2) is 0 Å². The number of nitrogens with zero attached hydrogens (tertiary/aromatic N) is 2. The van der Waals surface area contributed by atoms with E-state index in [0.717, 1.165) is 17.4 Å². The normalized spacial score (nSPS) is 12.3. The zero-order chi connectivity index (χ0) is 26.2. The van der Waals surface area contributed by atoms with Crippen LogP contribution < -0.4 is 9.62 Å². The quantitative estimate of drug-likeness (QED) is 0.444. The molecule has 0 unspecified atom stereocenters. The van der Waals surface area contributed by atoms with Crippen LogP contribution in [0.15, 0.2) is 48.5 Å². The van der Waals surface area contributed by atoms with Crippen LogP contribution in [0.1, 0.15) is 51.2 Å². The minimum Gasteiger partial charge on any atom is -0.352 e. The van der Waals surface area contributed by atoms with Gasteiger partial charge < -0.3 is 10.2 Å². The molecule has 0 aliphatic heterocycles. The lowest BCUT2D eigenvalue weighted by Gasteiger charge is -2.31. The minimum atomic E-state index is -3.57. The monoisotopic (exact) mass is 521 g/mol. The van der Waals surface area contributed by atoms with E-state index in [-0.39, 0.29) is 30.8 Å². The van der Waals surface area contributed by atoms with Crippen LogP contribution in [-0.2, 0) is 26.2 Å². The summed E-state index contributed by atoms with van der Waals surface area (Å²) in [6, 6.07) is 13.8. The molecular formula is C26H36ClN3O4S. The summed E-state index contributed by atoms with van der Waals surface area (Å²) in [6.07, 6.45) is 1.99. The Morgan fingerprint density at radius 2 is 1.77 bits per heavy atom. The van der Waals surface area contributed by atoms with E-state index in [9.17, 15) is 18.0 Å². The van der Waals surface area contributed by atoms with Crippen LogP contribution in [0.3, 0.4) is 0 Å². The summed E-state index contributed by atoms with van der Waals surface area (Å²) in [5, 5.41) is 3.34. The van der Waals surface area contributed by atoms with Crippen molar-refractivity contribution in [2.45, 2.75) is 65.6 Å². The van der Waals surface area contributed by atoms with E-state index in [1.54, 1.807) is 29.2 Å². The van der Waals surface area contributed by atoms with Crippen molar-refractivity contribution in [3.05, 3.63) is 64.7 Å². The van der Waals surface area contributed by atoms with Crippen molar-refractivity contribution in [1.29, 1.82) is 0 Å². The molecule has 0 heterocycles. The van der Waals surface area contributed by atoms with Gasteiger partial charge in [0, 0.05) is 30.6 Å². The second-order valence-electron chi connectivity index (χ2n) is 9.02. The summed E-state index contributed by atoms with van der Waals surface area (Å²) in [6.45, 7) is 8.05. The molecule has 2 aromatic carbocycles. The molecule has 35 heavy (non-hydrogen) atoms. The lowest BCUT2D eigenvalue weighted by atomic mass is 10.1. The van der Waals surface area contributed by atoms with Gasteiger partial charge in [-0.15, -0.1) is 0 Å². The van der Waals surface area contributed by atoms with E-state index in [4.69, 9.17) is 11.6 Å². The average Bonchev–Trinajstić information content (AvgIpc) is 2.75. The van der Waals surface area contributed by atoms with Crippen molar-refractivity contribution in [3.8, 4) is 0 Å². The smallest absolute Gasteiger partial charge is 0.243 e. The number of sulfonamides is 1. The Morgan fingerprint density at radius 3 is 2.34 bits per heavy atom. The van der Waals surface area contributed by atoms with Gasteiger partial charge >= 0.3 is 0 Å². The third-order valence-corrected chi connectivity index (χ3v) is 6.93. The zero-order valence-electron chi connectivity index (χ0n) is 21.1. The molecule has 0 saturated heterocycles. The fraction of sp³-hybridized carbons (Fsp3) is 0.462. The summed E-state index contributed by atoms with van der Waals surface area (Å²) >= 11 is 6.05. The second kappa shape index (κ2) is 12.9. The summed E-state index contributed by atoms with van der Waals surface area (Å²) in [5.74, 6) is -0.392. The molecule has 0 spiro atoms. The van der Waals surface area contributed by atoms with Gasteiger partial charge in [-0.3, -0.25) is 13.9 Å². The molecule has 0 radical (unpaired) electrons. The topological polar surface area (TPSA) is 86.8 Å². The Morgan fingerprint density at radius 1 is 1.09 bits per heavy atom. The molecular weight excluding hydrogens is 486 g/mol. The number of amides is 2. The summed E-state index contributed by atoms with van der Waals surface area (Å²) < 4.78 is 26.1. The minimum absolute atomic E-state index is 0.0477. The number of carbonyl (C=O) groups is 2. The van der Waals surface area contributed by atoms with Gasteiger partial charge in [-0.05, 0) is 57.4 Å². The molecule has 0 fully saturated rings. The van der Waals surface area contributed by atoms with Crippen molar-refractivity contribution in [2.75, 3.05) is 17.1 Å². The van der Waals surface area contributed by atoms with Gasteiger partial charge in [0.1, 0.15) is 6.04 Å². The highest BCUT2D eigenvalue weighted by Crippen LogP contribution is 2.23. The van der Waals surface area contributed by atoms with E-state index < -0.39 is 16.1 Å². The summed E-state index contributed by atoms with van der Waals surface area (Å²) in [4.78, 5) is 27.9. The van der Waals surface area contributed by atoms with Gasteiger partial charge in [-0.25, -0.2) is 8.42 Å². The lowest BCUT2D eigenvalue weighted by Crippen LogP contribution is -2.50.